The van der Waals surface area contributed by atoms with Crippen molar-refractivity contribution in [1.29, 1.82) is 0 Å². The first-order valence-corrected chi connectivity index (χ1v) is 7.38. The third-order valence-corrected chi connectivity index (χ3v) is 4.33. The third kappa shape index (κ3) is 3.41. The number of nitrogens with one attached hydrogen (secondary N) is 1. The maximum atomic E-state index is 5.69. The summed E-state index contributed by atoms with van der Waals surface area (Å²) in [4.78, 5) is 2.36. The second kappa shape index (κ2) is 6.91. The molecule has 0 amide bonds. The molecule has 20 heavy (non-hydrogen) atoms. The standard InChI is InChI=1S/C17H26N2O/c1-4-12-20-16-9-6-5-8-15(16)13-18-14-17(19(2)3)10-7-11-17/h4-6,8-9,18H,1,7,10-14H2,2-3H3. The lowest BCUT2D eigenvalue weighted by atomic mass is 9.75. The second-order valence-corrected chi connectivity index (χ2v) is 5.78. The second-order valence-electron chi connectivity index (χ2n) is 5.78. The zero-order valence-corrected chi connectivity index (χ0v) is 12.7. The van der Waals surface area contributed by atoms with Crippen LogP contribution in [0.15, 0.2) is 36.9 Å². The van der Waals surface area contributed by atoms with E-state index in [1.807, 2.05) is 12.1 Å². The van der Waals surface area contributed by atoms with E-state index in [0.717, 1.165) is 18.8 Å². The van der Waals surface area contributed by atoms with Crippen molar-refractivity contribution >= 4 is 0 Å². The van der Waals surface area contributed by atoms with Gasteiger partial charge < -0.3 is 15.0 Å². The first-order chi connectivity index (χ1) is 9.68. The van der Waals surface area contributed by atoms with E-state index in [1.165, 1.54) is 24.8 Å². The quantitative estimate of drug-likeness (QED) is 0.738. The van der Waals surface area contributed by atoms with E-state index in [9.17, 15) is 0 Å². The summed E-state index contributed by atoms with van der Waals surface area (Å²) < 4.78 is 5.69. The van der Waals surface area contributed by atoms with Gasteiger partial charge in [-0.1, -0.05) is 30.9 Å². The van der Waals surface area contributed by atoms with Crippen LogP contribution in [0.5, 0.6) is 5.75 Å². The molecule has 1 aromatic rings. The van der Waals surface area contributed by atoms with Crippen molar-refractivity contribution in [3.63, 3.8) is 0 Å². The predicted molar refractivity (Wildman–Crippen MR) is 84.1 cm³/mol. The fourth-order valence-corrected chi connectivity index (χ4v) is 2.74. The van der Waals surface area contributed by atoms with Crippen molar-refractivity contribution < 1.29 is 4.74 Å². The largest absolute Gasteiger partial charge is 0.489 e. The van der Waals surface area contributed by atoms with E-state index in [2.05, 4.69) is 43.0 Å². The van der Waals surface area contributed by atoms with Crippen LogP contribution in [0, 0.1) is 0 Å². The predicted octanol–water partition coefficient (Wildman–Crippen LogP) is 2.83. The van der Waals surface area contributed by atoms with Crippen LogP contribution >= 0.6 is 0 Å². The molecule has 0 radical (unpaired) electrons. The van der Waals surface area contributed by atoms with Gasteiger partial charge in [0.1, 0.15) is 12.4 Å². The van der Waals surface area contributed by atoms with Gasteiger partial charge in [-0.05, 0) is 39.4 Å². The molecule has 1 aromatic carbocycles. The van der Waals surface area contributed by atoms with Crippen LogP contribution < -0.4 is 10.1 Å². The molecule has 1 aliphatic carbocycles. The monoisotopic (exact) mass is 274 g/mol. The minimum atomic E-state index is 0.358. The van der Waals surface area contributed by atoms with Gasteiger partial charge in [-0.2, -0.15) is 0 Å². The van der Waals surface area contributed by atoms with Crippen molar-refractivity contribution in [1.82, 2.24) is 10.2 Å². The first-order valence-electron chi connectivity index (χ1n) is 7.38. The molecule has 0 saturated heterocycles. The zero-order valence-electron chi connectivity index (χ0n) is 12.7. The highest BCUT2D eigenvalue weighted by atomic mass is 16.5. The van der Waals surface area contributed by atoms with Crippen molar-refractivity contribution in [3.05, 3.63) is 42.5 Å². The number of benzene rings is 1. The molecule has 3 nitrogen and oxygen atoms in total. The molecule has 0 aliphatic heterocycles. The lowest BCUT2D eigenvalue weighted by Crippen LogP contribution is -2.56. The normalized spacial score (nSPS) is 16.8. The molecule has 0 atom stereocenters. The van der Waals surface area contributed by atoms with E-state index in [-0.39, 0.29) is 0 Å². The van der Waals surface area contributed by atoms with Gasteiger partial charge in [-0.25, -0.2) is 0 Å². The third-order valence-electron chi connectivity index (χ3n) is 4.33. The maximum absolute atomic E-state index is 5.69. The van der Waals surface area contributed by atoms with Crippen LogP contribution in [0.1, 0.15) is 24.8 Å². The summed E-state index contributed by atoms with van der Waals surface area (Å²) in [5, 5.41) is 3.60. The summed E-state index contributed by atoms with van der Waals surface area (Å²) in [5.74, 6) is 0.951. The molecule has 0 aromatic heterocycles. The van der Waals surface area contributed by atoms with Gasteiger partial charge in [0.05, 0.1) is 0 Å². The van der Waals surface area contributed by atoms with Crippen LogP contribution in [-0.4, -0.2) is 37.7 Å². The molecule has 1 aliphatic rings. The smallest absolute Gasteiger partial charge is 0.124 e. The molecule has 3 heteroatoms. The van der Waals surface area contributed by atoms with Gasteiger partial charge in [0.25, 0.3) is 0 Å². The molecule has 110 valence electrons. The molecular weight excluding hydrogens is 248 g/mol. The van der Waals surface area contributed by atoms with Gasteiger partial charge in [0.15, 0.2) is 0 Å². The Morgan fingerprint density at radius 3 is 2.70 bits per heavy atom. The minimum absolute atomic E-state index is 0.358. The van der Waals surface area contributed by atoms with Gasteiger partial charge in [-0.3, -0.25) is 0 Å². The molecular formula is C17H26N2O. The number of likely N-dealkylation sites (N-methyl/N-ethyl adjacent to an activating group) is 1. The molecule has 1 N–H and O–H groups in total. The molecule has 0 heterocycles. The summed E-state index contributed by atoms with van der Waals surface area (Å²) in [5.41, 5.74) is 1.57. The summed E-state index contributed by atoms with van der Waals surface area (Å²) in [6.45, 7) is 6.13. The minimum Gasteiger partial charge on any atom is -0.489 e. The average Bonchev–Trinajstić information content (AvgIpc) is 2.40. The number of ether oxygens (including phenoxy) is 1. The Morgan fingerprint density at radius 1 is 1.35 bits per heavy atom. The fraction of sp³-hybridized carbons (Fsp3) is 0.529. The lowest BCUT2D eigenvalue weighted by Gasteiger charge is -2.47. The summed E-state index contributed by atoms with van der Waals surface area (Å²) in [7, 11) is 4.37. The van der Waals surface area contributed by atoms with E-state index >= 15 is 0 Å². The van der Waals surface area contributed by atoms with Gasteiger partial charge >= 0.3 is 0 Å². The summed E-state index contributed by atoms with van der Waals surface area (Å²) in [6, 6.07) is 8.21. The first kappa shape index (κ1) is 15.1. The number of nitrogens with zero attached hydrogens (tertiary/aromatic N) is 1. The van der Waals surface area contributed by atoms with Gasteiger partial charge in [0.2, 0.25) is 0 Å². The van der Waals surface area contributed by atoms with Crippen LogP contribution in [0.25, 0.3) is 0 Å². The lowest BCUT2D eigenvalue weighted by molar-refractivity contribution is 0.0597. The van der Waals surface area contributed by atoms with Crippen LogP contribution in [-0.2, 0) is 6.54 Å². The van der Waals surface area contributed by atoms with E-state index in [0.29, 0.717) is 12.1 Å². The van der Waals surface area contributed by atoms with Crippen LogP contribution in [0.4, 0.5) is 0 Å². The van der Waals surface area contributed by atoms with Crippen molar-refractivity contribution in [2.24, 2.45) is 0 Å². The topological polar surface area (TPSA) is 24.5 Å². The van der Waals surface area contributed by atoms with E-state index < -0.39 is 0 Å². The van der Waals surface area contributed by atoms with E-state index in [1.54, 1.807) is 6.08 Å². The Kier molecular flexibility index (Phi) is 5.21. The molecule has 2 rings (SSSR count). The number of rotatable bonds is 8. The Bertz CT molecular complexity index is 438. The Morgan fingerprint density at radius 2 is 2.10 bits per heavy atom. The van der Waals surface area contributed by atoms with Crippen LogP contribution in [0.3, 0.4) is 0 Å². The van der Waals surface area contributed by atoms with Gasteiger partial charge in [0, 0.05) is 24.2 Å². The highest BCUT2D eigenvalue weighted by Gasteiger charge is 2.38. The van der Waals surface area contributed by atoms with E-state index in [4.69, 9.17) is 4.74 Å². The molecule has 0 bridgehead atoms. The molecule has 1 saturated carbocycles. The zero-order chi connectivity index (χ0) is 14.4. The van der Waals surface area contributed by atoms with Crippen LogP contribution in [0.2, 0.25) is 0 Å². The fourth-order valence-electron chi connectivity index (χ4n) is 2.74. The summed E-state index contributed by atoms with van der Waals surface area (Å²) in [6.07, 6.45) is 5.71. The number of para-hydroxylation sites is 1. The number of hydrogen-bond acceptors (Lipinski definition) is 3. The Labute approximate surface area is 122 Å². The molecule has 0 spiro atoms. The van der Waals surface area contributed by atoms with Crippen molar-refractivity contribution in [2.45, 2.75) is 31.3 Å². The Hall–Kier alpha value is -1.32. The Balaban J connectivity index is 1.89. The molecule has 0 unspecified atom stereocenters. The SMILES string of the molecule is C=CCOc1ccccc1CNCC1(N(C)C)CCC1. The molecule has 1 fully saturated rings. The number of hydrogen-bond donors (Lipinski definition) is 1. The highest BCUT2D eigenvalue weighted by molar-refractivity contribution is 5.33. The summed E-state index contributed by atoms with van der Waals surface area (Å²) >= 11 is 0. The van der Waals surface area contributed by atoms with Crippen molar-refractivity contribution in [3.8, 4) is 5.75 Å². The maximum Gasteiger partial charge on any atom is 0.124 e. The average molecular weight is 274 g/mol. The highest BCUT2D eigenvalue weighted by Crippen LogP contribution is 2.35. The van der Waals surface area contributed by atoms with Gasteiger partial charge in [-0.15, -0.1) is 0 Å². The van der Waals surface area contributed by atoms with Crippen molar-refractivity contribution in [2.75, 3.05) is 27.2 Å².